The topological polar surface area (TPSA) is 86.6 Å². The molecule has 0 atom stereocenters. The number of rotatable bonds is 4. The van der Waals surface area contributed by atoms with E-state index in [1.807, 2.05) is 70.0 Å². The smallest absolute Gasteiger partial charge is 0.321 e. The van der Waals surface area contributed by atoms with Crippen LogP contribution in [0.2, 0.25) is 0 Å². The third kappa shape index (κ3) is 3.56. The molecule has 4 aromatic heterocycles. The summed E-state index contributed by atoms with van der Waals surface area (Å²) in [6.07, 6.45) is 7.11. The van der Waals surface area contributed by atoms with Gasteiger partial charge in [0.25, 0.3) is 5.65 Å². The van der Waals surface area contributed by atoms with E-state index in [0.29, 0.717) is 24.5 Å². The fraction of sp³-hybridized carbons (Fsp3) is 0.138. The quantitative estimate of drug-likeness (QED) is 0.368. The van der Waals surface area contributed by atoms with Crippen LogP contribution < -0.4 is 10.1 Å². The number of alkyl halides is 1. The predicted molar refractivity (Wildman–Crippen MR) is 138 cm³/mol. The summed E-state index contributed by atoms with van der Waals surface area (Å²) in [6, 6.07) is 24.0. The molecule has 0 unspecified atom stereocenters. The number of aromatic nitrogens is 6. The number of pyridine rings is 2. The van der Waals surface area contributed by atoms with Crippen LogP contribution in [0.25, 0.3) is 45.0 Å². The van der Waals surface area contributed by atoms with Crippen molar-refractivity contribution < 1.29 is 8.79 Å². The SMILES string of the molecule is NC1(c2ccc(-n3nc(-c4ncccn4)[n+]4ccc5ncc(-c6ccccc6)cc5c34)cc2)CC(F)C1. The van der Waals surface area contributed by atoms with Crippen LogP contribution in [0.5, 0.6) is 0 Å². The number of benzene rings is 2. The van der Waals surface area contributed by atoms with Crippen LogP contribution in [0.3, 0.4) is 0 Å². The van der Waals surface area contributed by atoms with Crippen LogP contribution in [0.15, 0.2) is 97.6 Å². The summed E-state index contributed by atoms with van der Waals surface area (Å²) in [4.78, 5) is 13.7. The van der Waals surface area contributed by atoms with Crippen molar-refractivity contribution in [3.63, 3.8) is 0 Å². The van der Waals surface area contributed by atoms with Crippen molar-refractivity contribution in [3.05, 3.63) is 103 Å². The van der Waals surface area contributed by atoms with Crippen molar-refractivity contribution in [3.8, 4) is 28.5 Å². The molecule has 0 aliphatic heterocycles. The highest BCUT2D eigenvalue weighted by molar-refractivity contribution is 5.93. The number of hydrogen-bond donors (Lipinski definition) is 1. The van der Waals surface area contributed by atoms with Crippen molar-refractivity contribution in [2.24, 2.45) is 5.73 Å². The Kier molecular flexibility index (Phi) is 4.84. The second-order valence-electron chi connectivity index (χ2n) is 9.55. The average molecular weight is 489 g/mol. The molecule has 37 heavy (non-hydrogen) atoms. The van der Waals surface area contributed by atoms with E-state index < -0.39 is 11.7 Å². The Bertz CT molecular complexity index is 1740. The molecule has 6 aromatic rings. The van der Waals surface area contributed by atoms with Gasteiger partial charge in [-0.3, -0.25) is 4.98 Å². The van der Waals surface area contributed by atoms with Gasteiger partial charge in [0, 0.05) is 42.5 Å². The number of nitrogens with two attached hydrogens (primary N) is 1. The van der Waals surface area contributed by atoms with Crippen LogP contribution in [0, 0.1) is 0 Å². The summed E-state index contributed by atoms with van der Waals surface area (Å²) in [6.45, 7) is 0. The van der Waals surface area contributed by atoms with E-state index in [9.17, 15) is 4.39 Å². The molecular weight excluding hydrogens is 465 g/mol. The van der Waals surface area contributed by atoms with Gasteiger partial charge in [-0.25, -0.2) is 14.4 Å². The van der Waals surface area contributed by atoms with E-state index in [1.165, 1.54) is 0 Å². The zero-order valence-corrected chi connectivity index (χ0v) is 19.9. The minimum absolute atomic E-state index is 0.348. The molecule has 0 spiro atoms. The fourth-order valence-corrected chi connectivity index (χ4v) is 5.15. The standard InChI is InChI=1S/C29H23FN7/c30-22-16-29(31,17-22)21-7-9-23(10-8-21)37-28-24-15-20(19-5-2-1-3-6-19)18-34-25(24)11-14-36(28)27(35-37)26-32-12-4-13-33-26/h1-15,18,22H,16-17,31H2/q+1. The van der Waals surface area contributed by atoms with Gasteiger partial charge in [0.1, 0.15) is 11.9 Å². The zero-order chi connectivity index (χ0) is 25.0. The normalized spacial score (nSPS) is 19.2. The van der Waals surface area contributed by atoms with E-state index >= 15 is 0 Å². The highest BCUT2D eigenvalue weighted by Gasteiger charge is 2.42. The first-order valence-corrected chi connectivity index (χ1v) is 12.2. The number of hydrogen-bond acceptors (Lipinski definition) is 5. The second-order valence-corrected chi connectivity index (χ2v) is 9.55. The number of halogens is 1. The predicted octanol–water partition coefficient (Wildman–Crippen LogP) is 4.57. The first kappa shape index (κ1) is 21.7. The van der Waals surface area contributed by atoms with Crippen LogP contribution in [0.1, 0.15) is 18.4 Å². The van der Waals surface area contributed by atoms with Gasteiger partial charge in [-0.1, -0.05) is 47.1 Å². The summed E-state index contributed by atoms with van der Waals surface area (Å²) in [5.74, 6) is 1.13. The van der Waals surface area contributed by atoms with Gasteiger partial charge in [0.2, 0.25) is 5.82 Å². The van der Waals surface area contributed by atoms with Crippen molar-refractivity contribution >= 4 is 16.6 Å². The molecule has 1 fully saturated rings. The third-order valence-electron chi connectivity index (χ3n) is 7.12. The van der Waals surface area contributed by atoms with Crippen LogP contribution >= 0.6 is 0 Å². The molecule has 8 heteroatoms. The summed E-state index contributed by atoms with van der Waals surface area (Å²) < 4.78 is 17.4. The van der Waals surface area contributed by atoms with Crippen LogP contribution in [-0.4, -0.2) is 30.9 Å². The molecule has 2 N–H and O–H groups in total. The molecule has 180 valence electrons. The highest BCUT2D eigenvalue weighted by Crippen LogP contribution is 2.41. The lowest BCUT2D eigenvalue weighted by molar-refractivity contribution is -0.499. The minimum atomic E-state index is -0.831. The molecule has 0 amide bonds. The number of fused-ring (bicyclic) bond motifs is 3. The highest BCUT2D eigenvalue weighted by atomic mass is 19.1. The first-order valence-electron chi connectivity index (χ1n) is 12.2. The van der Waals surface area contributed by atoms with Gasteiger partial charge in [-0.2, -0.15) is 4.40 Å². The summed E-state index contributed by atoms with van der Waals surface area (Å²) in [5, 5.41) is 5.90. The van der Waals surface area contributed by atoms with Crippen molar-refractivity contribution in [1.82, 2.24) is 24.7 Å². The largest absolute Gasteiger partial charge is 0.351 e. The molecule has 4 heterocycles. The fourth-order valence-electron chi connectivity index (χ4n) is 5.15. The maximum absolute atomic E-state index is 13.6. The van der Waals surface area contributed by atoms with Gasteiger partial charge in [-0.05, 0) is 41.5 Å². The van der Waals surface area contributed by atoms with Crippen LogP contribution in [0.4, 0.5) is 4.39 Å². The Morgan fingerprint density at radius 1 is 0.892 bits per heavy atom. The Morgan fingerprint density at radius 2 is 1.65 bits per heavy atom. The molecule has 1 aliphatic rings. The molecule has 2 aromatic carbocycles. The molecule has 1 saturated carbocycles. The van der Waals surface area contributed by atoms with E-state index in [2.05, 4.69) is 28.2 Å². The Labute approximate surface area is 212 Å². The second kappa shape index (κ2) is 8.25. The third-order valence-corrected chi connectivity index (χ3v) is 7.12. The lowest BCUT2D eigenvalue weighted by atomic mass is 9.71. The molecule has 0 radical (unpaired) electrons. The minimum Gasteiger partial charge on any atom is -0.321 e. The Hall–Kier alpha value is -4.56. The Morgan fingerprint density at radius 3 is 2.38 bits per heavy atom. The monoisotopic (exact) mass is 488 g/mol. The van der Waals surface area contributed by atoms with E-state index in [4.69, 9.17) is 15.8 Å². The van der Waals surface area contributed by atoms with Gasteiger partial charge in [-0.15, -0.1) is 0 Å². The van der Waals surface area contributed by atoms with E-state index in [0.717, 1.165) is 38.9 Å². The van der Waals surface area contributed by atoms with Crippen LogP contribution in [-0.2, 0) is 5.54 Å². The summed E-state index contributed by atoms with van der Waals surface area (Å²) >= 11 is 0. The van der Waals surface area contributed by atoms with Crippen molar-refractivity contribution in [2.75, 3.05) is 0 Å². The van der Waals surface area contributed by atoms with E-state index in [-0.39, 0.29) is 0 Å². The average Bonchev–Trinajstić information content (AvgIpc) is 3.33. The maximum Gasteiger partial charge on any atom is 0.351 e. The molecule has 7 nitrogen and oxygen atoms in total. The molecular formula is C29H23FN7+. The lowest BCUT2D eigenvalue weighted by Crippen LogP contribution is -2.50. The summed E-state index contributed by atoms with van der Waals surface area (Å²) in [7, 11) is 0. The molecule has 1 aliphatic carbocycles. The number of nitrogens with zero attached hydrogens (tertiary/aromatic N) is 6. The maximum atomic E-state index is 13.6. The summed E-state index contributed by atoms with van der Waals surface area (Å²) in [5.41, 5.74) is 11.4. The van der Waals surface area contributed by atoms with Gasteiger partial charge < -0.3 is 5.73 Å². The molecule has 0 bridgehead atoms. The molecule has 7 rings (SSSR count). The lowest BCUT2D eigenvalue weighted by Gasteiger charge is -2.41. The van der Waals surface area contributed by atoms with E-state index in [1.54, 1.807) is 18.5 Å². The first-order chi connectivity index (χ1) is 18.1. The van der Waals surface area contributed by atoms with Crippen molar-refractivity contribution in [1.29, 1.82) is 0 Å². The van der Waals surface area contributed by atoms with Gasteiger partial charge >= 0.3 is 5.82 Å². The van der Waals surface area contributed by atoms with Gasteiger partial charge in [0.15, 0.2) is 0 Å². The Balaban J connectivity index is 1.46. The van der Waals surface area contributed by atoms with Crippen molar-refractivity contribution in [2.45, 2.75) is 24.6 Å². The zero-order valence-electron chi connectivity index (χ0n) is 19.9. The molecule has 0 saturated heterocycles. The van der Waals surface area contributed by atoms with Gasteiger partial charge in [0.05, 0.1) is 22.2 Å².